The molecule has 7 heteroatoms. The number of hydrogen-bond acceptors (Lipinski definition) is 6. The Bertz CT molecular complexity index is 953. The predicted octanol–water partition coefficient (Wildman–Crippen LogP) is 3.63. The van der Waals surface area contributed by atoms with Crippen LogP contribution in [0.3, 0.4) is 0 Å². The van der Waals surface area contributed by atoms with Gasteiger partial charge in [-0.2, -0.15) is 0 Å². The third-order valence-corrected chi connectivity index (χ3v) is 6.48. The minimum atomic E-state index is -0.000976. The molecule has 7 nitrogen and oxygen atoms in total. The number of aliphatic hydroxyl groups excluding tert-OH is 1. The molecule has 0 unspecified atom stereocenters. The Morgan fingerprint density at radius 3 is 2.69 bits per heavy atom. The zero-order valence-electron chi connectivity index (χ0n) is 22.1. The Kier molecular flexibility index (Phi) is 11.0. The number of nitrogens with zero attached hydrogens (tertiary/aromatic N) is 5. The van der Waals surface area contributed by atoms with Crippen molar-refractivity contribution in [2.24, 2.45) is 0 Å². The van der Waals surface area contributed by atoms with Crippen LogP contribution >= 0.6 is 0 Å². The number of nitrogens with one attached hydrogen (secondary N) is 1. The zero-order valence-corrected chi connectivity index (χ0v) is 22.1. The highest BCUT2D eigenvalue weighted by molar-refractivity contribution is 5.52. The molecule has 192 valence electrons. The number of hydrogen-bond donors (Lipinski definition) is 2. The van der Waals surface area contributed by atoms with E-state index < -0.39 is 0 Å². The second kappa shape index (κ2) is 14.2. The van der Waals surface area contributed by atoms with E-state index in [0.717, 1.165) is 61.9 Å². The van der Waals surface area contributed by atoms with Crippen LogP contribution in [0.5, 0.6) is 0 Å². The van der Waals surface area contributed by atoms with E-state index in [1.165, 1.54) is 36.9 Å². The van der Waals surface area contributed by atoms with E-state index in [1.54, 1.807) is 0 Å². The summed E-state index contributed by atoms with van der Waals surface area (Å²) in [7, 11) is 6.13. The lowest BCUT2D eigenvalue weighted by Gasteiger charge is -2.29. The number of allylic oxidation sites excluding steroid dienone is 3. The fraction of sp³-hybridized carbons (Fsp3) is 0.571. The third-order valence-electron chi connectivity index (χ3n) is 6.48. The Morgan fingerprint density at radius 2 is 1.97 bits per heavy atom. The van der Waals surface area contributed by atoms with Gasteiger partial charge in [0, 0.05) is 37.9 Å². The molecule has 0 saturated heterocycles. The highest BCUT2D eigenvalue weighted by Crippen LogP contribution is 2.24. The molecule has 0 radical (unpaired) electrons. The van der Waals surface area contributed by atoms with Crippen LogP contribution in [0.4, 0.5) is 0 Å². The Hall–Kier alpha value is -2.48. The molecule has 0 aromatic carbocycles. The number of aliphatic hydroxyl groups is 1. The van der Waals surface area contributed by atoms with Crippen LogP contribution in [0.15, 0.2) is 36.6 Å². The van der Waals surface area contributed by atoms with Crippen molar-refractivity contribution in [1.29, 1.82) is 0 Å². The maximum absolute atomic E-state index is 10.00. The summed E-state index contributed by atoms with van der Waals surface area (Å²) in [5, 5.41) is 13.2. The van der Waals surface area contributed by atoms with E-state index in [2.05, 4.69) is 70.0 Å². The summed E-state index contributed by atoms with van der Waals surface area (Å²) in [5.41, 5.74) is 4.63. The van der Waals surface area contributed by atoms with Gasteiger partial charge in [0.05, 0.1) is 18.0 Å². The Labute approximate surface area is 211 Å². The van der Waals surface area contributed by atoms with Gasteiger partial charge in [0.1, 0.15) is 11.6 Å². The summed E-state index contributed by atoms with van der Waals surface area (Å²) < 4.78 is 2.16. The molecule has 0 atom stereocenters. The smallest absolute Gasteiger partial charge is 0.118 e. The van der Waals surface area contributed by atoms with E-state index in [-0.39, 0.29) is 6.61 Å². The van der Waals surface area contributed by atoms with Gasteiger partial charge < -0.3 is 20.2 Å². The number of aromatic nitrogens is 3. The molecule has 2 aromatic rings. The molecule has 35 heavy (non-hydrogen) atoms. The van der Waals surface area contributed by atoms with Crippen molar-refractivity contribution in [3.8, 4) is 0 Å². The highest BCUT2D eigenvalue weighted by atomic mass is 16.3. The van der Waals surface area contributed by atoms with E-state index >= 15 is 0 Å². The normalized spacial score (nSPS) is 14.5. The fourth-order valence-electron chi connectivity index (χ4n) is 4.80. The van der Waals surface area contributed by atoms with E-state index in [4.69, 9.17) is 4.98 Å². The van der Waals surface area contributed by atoms with Crippen molar-refractivity contribution in [1.82, 2.24) is 29.7 Å². The number of imidazole rings is 1. The van der Waals surface area contributed by atoms with Gasteiger partial charge in [-0.15, -0.1) is 0 Å². The third kappa shape index (κ3) is 7.50. The van der Waals surface area contributed by atoms with Crippen LogP contribution in [0.1, 0.15) is 61.1 Å². The molecular weight excluding hydrogens is 436 g/mol. The summed E-state index contributed by atoms with van der Waals surface area (Å²) in [6, 6.07) is 4.23. The lowest BCUT2D eigenvalue weighted by atomic mass is 9.96. The molecule has 4 rings (SSSR count). The van der Waals surface area contributed by atoms with Gasteiger partial charge in [0.2, 0.25) is 0 Å². The second-order valence-corrected chi connectivity index (χ2v) is 9.56. The van der Waals surface area contributed by atoms with Gasteiger partial charge in [0.15, 0.2) is 0 Å². The first-order chi connectivity index (χ1) is 17.1. The van der Waals surface area contributed by atoms with Gasteiger partial charge in [-0.25, -0.2) is 4.98 Å². The van der Waals surface area contributed by atoms with Gasteiger partial charge in [-0.3, -0.25) is 9.55 Å². The van der Waals surface area contributed by atoms with Crippen LogP contribution in [-0.4, -0.2) is 70.2 Å². The number of rotatable bonds is 10. The number of pyridine rings is 1. The molecule has 2 N–H and O–H groups in total. The van der Waals surface area contributed by atoms with Crippen LogP contribution in [-0.2, 0) is 32.4 Å². The second-order valence-electron chi connectivity index (χ2n) is 9.56. The number of aryl methyl sites for hydroxylation is 2. The fourth-order valence-corrected chi connectivity index (χ4v) is 4.80. The van der Waals surface area contributed by atoms with E-state index in [9.17, 15) is 5.11 Å². The Morgan fingerprint density at radius 1 is 1.14 bits per heavy atom. The molecule has 0 saturated carbocycles. The lowest BCUT2D eigenvalue weighted by Crippen LogP contribution is -2.30. The molecule has 0 bridgehead atoms. The average molecular weight is 481 g/mol. The highest BCUT2D eigenvalue weighted by Gasteiger charge is 2.22. The lowest BCUT2D eigenvalue weighted by molar-refractivity contribution is 0.269. The minimum Gasteiger partial charge on any atom is -0.390 e. The first kappa shape index (κ1) is 27.1. The predicted molar refractivity (Wildman–Crippen MR) is 144 cm³/mol. The first-order valence-electron chi connectivity index (χ1n) is 13.1. The standard InChI is InChI=1S/C19H33N5O.C9H11N/c1-5-11-23(13-8-12-22(3)4)19-10-7-6-9-18-21-16(14-20-2)17(15-25)24(18)19;1-2-6-9-8(4-1)5-3-7-10-9/h6-7,10,20,25H,5,8-9,11-15H2,1-4H3;3,5,7H,1-2,4,6H2. The van der Waals surface area contributed by atoms with Crippen LogP contribution < -0.4 is 5.32 Å². The summed E-state index contributed by atoms with van der Waals surface area (Å²) in [5.74, 6) is 2.13. The van der Waals surface area contributed by atoms with Gasteiger partial charge in [0.25, 0.3) is 0 Å². The van der Waals surface area contributed by atoms with Crippen LogP contribution in [0.25, 0.3) is 5.82 Å². The van der Waals surface area contributed by atoms with Gasteiger partial charge >= 0.3 is 0 Å². The molecule has 2 aromatic heterocycles. The average Bonchev–Trinajstić information content (AvgIpc) is 3.07. The molecule has 0 fully saturated rings. The van der Waals surface area contributed by atoms with Crippen LogP contribution in [0, 0.1) is 0 Å². The largest absolute Gasteiger partial charge is 0.390 e. The summed E-state index contributed by atoms with van der Waals surface area (Å²) in [6.07, 6.45) is 16.4. The maximum Gasteiger partial charge on any atom is 0.118 e. The summed E-state index contributed by atoms with van der Waals surface area (Å²) >= 11 is 0. The van der Waals surface area contributed by atoms with Crippen molar-refractivity contribution in [3.05, 3.63) is 65.0 Å². The van der Waals surface area contributed by atoms with E-state index in [1.807, 2.05) is 19.3 Å². The van der Waals surface area contributed by atoms with Gasteiger partial charge in [-0.05, 0) is 83.9 Å². The molecular formula is C28H44N6O. The molecule has 3 heterocycles. The van der Waals surface area contributed by atoms with E-state index in [0.29, 0.717) is 6.54 Å². The molecule has 0 amide bonds. The quantitative estimate of drug-likeness (QED) is 0.541. The van der Waals surface area contributed by atoms with Crippen molar-refractivity contribution < 1.29 is 5.11 Å². The van der Waals surface area contributed by atoms with Gasteiger partial charge in [-0.1, -0.05) is 25.1 Å². The molecule has 0 spiro atoms. The summed E-state index contributed by atoms with van der Waals surface area (Å²) in [4.78, 5) is 13.7. The van der Waals surface area contributed by atoms with Crippen molar-refractivity contribution >= 4 is 5.82 Å². The van der Waals surface area contributed by atoms with Crippen molar-refractivity contribution in [3.63, 3.8) is 0 Å². The molecule has 2 aliphatic rings. The first-order valence-corrected chi connectivity index (χ1v) is 13.1. The molecule has 1 aliphatic carbocycles. The Balaban J connectivity index is 0.000000281. The topological polar surface area (TPSA) is 69.4 Å². The van der Waals surface area contributed by atoms with Crippen molar-refractivity contribution in [2.45, 2.75) is 65.0 Å². The number of fused-ring (bicyclic) bond motifs is 2. The van der Waals surface area contributed by atoms with Crippen LogP contribution in [0.2, 0.25) is 0 Å². The monoisotopic (exact) mass is 480 g/mol. The summed E-state index contributed by atoms with van der Waals surface area (Å²) in [6.45, 7) is 5.94. The maximum atomic E-state index is 10.00. The SMILES string of the molecule is CCCN(CCCN(C)C)C1=CC=CCc2nc(CNC)c(CO)n21.c1cnc2c(c1)CCCC2. The zero-order chi connectivity index (χ0) is 25.0. The molecule has 1 aliphatic heterocycles. The minimum absolute atomic E-state index is 0.000976. The van der Waals surface area contributed by atoms with Crippen molar-refractivity contribution in [2.75, 3.05) is 40.8 Å².